The summed E-state index contributed by atoms with van der Waals surface area (Å²) in [5.41, 5.74) is 6.18. The molecule has 1 aliphatic heterocycles. The molecule has 5 heteroatoms. The summed E-state index contributed by atoms with van der Waals surface area (Å²) >= 11 is 0. The van der Waals surface area contributed by atoms with Gasteiger partial charge in [-0.1, -0.05) is 0 Å². The summed E-state index contributed by atoms with van der Waals surface area (Å²) in [6, 6.07) is 1.68. The number of carbonyl (C=O) groups is 1. The van der Waals surface area contributed by atoms with Crippen LogP contribution in [0.15, 0.2) is 6.07 Å². The second kappa shape index (κ2) is 4.63. The van der Waals surface area contributed by atoms with Gasteiger partial charge in [-0.05, 0) is 40.0 Å². The van der Waals surface area contributed by atoms with Crippen LogP contribution in [0.2, 0.25) is 0 Å². The van der Waals surface area contributed by atoms with E-state index in [0.717, 1.165) is 25.9 Å². The highest BCUT2D eigenvalue weighted by atomic mass is 16.2. The van der Waals surface area contributed by atoms with Crippen molar-refractivity contribution in [3.63, 3.8) is 0 Å². The zero-order valence-corrected chi connectivity index (χ0v) is 11.4. The molecule has 0 bridgehead atoms. The van der Waals surface area contributed by atoms with Crippen molar-refractivity contribution in [2.24, 2.45) is 0 Å². The Bertz CT molecular complexity index is 438. The molecule has 1 aromatic heterocycles. The fraction of sp³-hybridized carbons (Fsp3) is 0.692. The lowest BCUT2D eigenvalue weighted by molar-refractivity contribution is 0.0716. The van der Waals surface area contributed by atoms with Crippen molar-refractivity contribution in [1.82, 2.24) is 14.7 Å². The first kappa shape index (κ1) is 12.9. The summed E-state index contributed by atoms with van der Waals surface area (Å²) in [4.78, 5) is 14.2. The van der Waals surface area contributed by atoms with E-state index >= 15 is 0 Å². The van der Waals surface area contributed by atoms with Gasteiger partial charge in [0.05, 0.1) is 5.54 Å². The van der Waals surface area contributed by atoms with Crippen LogP contribution in [0.1, 0.15) is 50.5 Å². The predicted octanol–water partition coefficient (Wildman–Crippen LogP) is 1.85. The van der Waals surface area contributed by atoms with Gasteiger partial charge in [0.1, 0.15) is 5.82 Å². The SMILES string of the molecule is CC(C)(C)n1nc(C(=O)N2CCCCC2)cc1N. The van der Waals surface area contributed by atoms with E-state index in [1.54, 1.807) is 10.7 Å². The Labute approximate surface area is 108 Å². The van der Waals surface area contributed by atoms with E-state index in [1.807, 2.05) is 25.7 Å². The number of piperidine rings is 1. The number of hydrogen-bond donors (Lipinski definition) is 1. The van der Waals surface area contributed by atoms with Gasteiger partial charge in [0.15, 0.2) is 5.69 Å². The van der Waals surface area contributed by atoms with Crippen LogP contribution in [0.3, 0.4) is 0 Å². The third-order valence-electron chi connectivity index (χ3n) is 3.23. The number of aromatic nitrogens is 2. The molecule has 0 unspecified atom stereocenters. The van der Waals surface area contributed by atoms with Crippen molar-refractivity contribution >= 4 is 11.7 Å². The van der Waals surface area contributed by atoms with Crippen molar-refractivity contribution in [3.8, 4) is 0 Å². The van der Waals surface area contributed by atoms with Crippen LogP contribution in [0, 0.1) is 0 Å². The molecular formula is C13H22N4O. The molecule has 1 aromatic rings. The maximum Gasteiger partial charge on any atom is 0.274 e. The predicted molar refractivity (Wildman–Crippen MR) is 71.4 cm³/mol. The van der Waals surface area contributed by atoms with Gasteiger partial charge in [-0.25, -0.2) is 4.68 Å². The van der Waals surface area contributed by atoms with E-state index in [0.29, 0.717) is 11.5 Å². The quantitative estimate of drug-likeness (QED) is 0.827. The molecule has 0 saturated carbocycles. The third-order valence-corrected chi connectivity index (χ3v) is 3.23. The zero-order chi connectivity index (χ0) is 13.3. The van der Waals surface area contributed by atoms with Crippen LogP contribution in [-0.4, -0.2) is 33.7 Å². The lowest BCUT2D eigenvalue weighted by Gasteiger charge is -2.26. The van der Waals surface area contributed by atoms with Crippen molar-refractivity contribution in [2.45, 2.75) is 45.6 Å². The minimum absolute atomic E-state index is 0.00407. The largest absolute Gasteiger partial charge is 0.384 e. The van der Waals surface area contributed by atoms with Gasteiger partial charge in [0.2, 0.25) is 0 Å². The van der Waals surface area contributed by atoms with Gasteiger partial charge < -0.3 is 10.6 Å². The lowest BCUT2D eigenvalue weighted by Crippen LogP contribution is -2.36. The second-order valence-corrected chi connectivity index (χ2v) is 5.89. The topological polar surface area (TPSA) is 64.2 Å². The number of anilines is 1. The first-order valence-corrected chi connectivity index (χ1v) is 6.55. The molecule has 5 nitrogen and oxygen atoms in total. The van der Waals surface area contributed by atoms with Crippen LogP contribution in [-0.2, 0) is 5.54 Å². The molecule has 2 N–H and O–H groups in total. The monoisotopic (exact) mass is 250 g/mol. The molecule has 100 valence electrons. The molecule has 0 aliphatic carbocycles. The average molecular weight is 250 g/mol. The third kappa shape index (κ3) is 2.49. The van der Waals surface area contributed by atoms with Gasteiger partial charge in [-0.2, -0.15) is 5.10 Å². The Kier molecular flexibility index (Phi) is 3.32. The highest BCUT2D eigenvalue weighted by Crippen LogP contribution is 2.20. The number of nitrogens with zero attached hydrogens (tertiary/aromatic N) is 3. The standard InChI is InChI=1S/C13H22N4O/c1-13(2,3)17-11(14)9-10(15-17)12(18)16-7-5-4-6-8-16/h9H,4-8,14H2,1-3H3. The molecule has 1 aliphatic rings. The normalized spacial score (nSPS) is 16.9. The summed E-state index contributed by atoms with van der Waals surface area (Å²) in [7, 11) is 0. The Morgan fingerprint density at radius 1 is 1.28 bits per heavy atom. The second-order valence-electron chi connectivity index (χ2n) is 5.89. The Balaban J connectivity index is 2.21. The summed E-state index contributed by atoms with van der Waals surface area (Å²) in [5, 5.41) is 4.36. The molecule has 2 rings (SSSR count). The minimum Gasteiger partial charge on any atom is -0.384 e. The van der Waals surface area contributed by atoms with E-state index < -0.39 is 0 Å². The number of carbonyl (C=O) groups excluding carboxylic acids is 1. The molecule has 0 atom stereocenters. The van der Waals surface area contributed by atoms with E-state index in [9.17, 15) is 4.79 Å². The molecule has 1 fully saturated rings. The maximum absolute atomic E-state index is 12.3. The fourth-order valence-electron chi connectivity index (χ4n) is 2.30. The van der Waals surface area contributed by atoms with Crippen molar-refractivity contribution in [1.29, 1.82) is 0 Å². The first-order chi connectivity index (χ1) is 8.39. The summed E-state index contributed by atoms with van der Waals surface area (Å²) in [5.74, 6) is 0.548. The van der Waals surface area contributed by atoms with Gasteiger partial charge in [0.25, 0.3) is 5.91 Å². The number of hydrogen-bond acceptors (Lipinski definition) is 3. The van der Waals surface area contributed by atoms with E-state index in [-0.39, 0.29) is 11.4 Å². The van der Waals surface area contributed by atoms with Crippen LogP contribution in [0.5, 0.6) is 0 Å². The number of nitrogen functional groups attached to an aromatic ring is 1. The van der Waals surface area contributed by atoms with E-state index in [1.165, 1.54) is 6.42 Å². The molecule has 1 saturated heterocycles. The summed E-state index contributed by atoms with van der Waals surface area (Å²) in [6.07, 6.45) is 3.38. The highest BCUT2D eigenvalue weighted by molar-refractivity contribution is 5.93. The molecule has 0 spiro atoms. The number of nitrogens with two attached hydrogens (primary N) is 1. The smallest absolute Gasteiger partial charge is 0.274 e. The van der Waals surface area contributed by atoms with E-state index in [2.05, 4.69) is 5.10 Å². The zero-order valence-electron chi connectivity index (χ0n) is 11.4. The van der Waals surface area contributed by atoms with Gasteiger partial charge in [-0.3, -0.25) is 4.79 Å². The summed E-state index contributed by atoms with van der Waals surface area (Å²) < 4.78 is 1.71. The van der Waals surface area contributed by atoms with Crippen LogP contribution in [0.4, 0.5) is 5.82 Å². The van der Waals surface area contributed by atoms with Gasteiger partial charge >= 0.3 is 0 Å². The molecule has 18 heavy (non-hydrogen) atoms. The molecule has 0 radical (unpaired) electrons. The Morgan fingerprint density at radius 2 is 1.89 bits per heavy atom. The van der Waals surface area contributed by atoms with Crippen LogP contribution in [0.25, 0.3) is 0 Å². The van der Waals surface area contributed by atoms with Crippen LogP contribution < -0.4 is 5.73 Å². The summed E-state index contributed by atoms with van der Waals surface area (Å²) in [6.45, 7) is 7.73. The van der Waals surface area contributed by atoms with Crippen molar-refractivity contribution < 1.29 is 4.79 Å². The first-order valence-electron chi connectivity index (χ1n) is 6.55. The Hall–Kier alpha value is -1.52. The number of likely N-dealkylation sites (tertiary alicyclic amines) is 1. The number of amides is 1. The van der Waals surface area contributed by atoms with Gasteiger partial charge in [0, 0.05) is 19.2 Å². The van der Waals surface area contributed by atoms with E-state index in [4.69, 9.17) is 5.73 Å². The number of rotatable bonds is 1. The average Bonchev–Trinajstić information content (AvgIpc) is 2.71. The molecular weight excluding hydrogens is 228 g/mol. The molecule has 2 heterocycles. The molecule has 0 aromatic carbocycles. The van der Waals surface area contributed by atoms with Crippen molar-refractivity contribution in [2.75, 3.05) is 18.8 Å². The lowest BCUT2D eigenvalue weighted by atomic mass is 10.1. The van der Waals surface area contributed by atoms with Crippen molar-refractivity contribution in [3.05, 3.63) is 11.8 Å². The minimum atomic E-state index is -0.204. The Morgan fingerprint density at radius 3 is 2.39 bits per heavy atom. The fourth-order valence-corrected chi connectivity index (χ4v) is 2.30. The maximum atomic E-state index is 12.3. The van der Waals surface area contributed by atoms with Crippen LogP contribution >= 0.6 is 0 Å². The molecule has 1 amide bonds. The van der Waals surface area contributed by atoms with Gasteiger partial charge in [-0.15, -0.1) is 0 Å². The highest BCUT2D eigenvalue weighted by Gasteiger charge is 2.24.